The average Bonchev–Trinajstić information content (AvgIpc) is 3.36. The van der Waals surface area contributed by atoms with Crippen LogP contribution in [0.4, 0.5) is 5.00 Å². The first-order chi connectivity index (χ1) is 13.4. The van der Waals surface area contributed by atoms with Crippen molar-refractivity contribution in [2.45, 2.75) is 31.5 Å². The van der Waals surface area contributed by atoms with Gasteiger partial charge in [0.25, 0.3) is 5.91 Å². The third-order valence-electron chi connectivity index (χ3n) is 5.37. The Morgan fingerprint density at radius 1 is 1.14 bits per heavy atom. The molecule has 2 saturated heterocycles. The number of anilines is 1. The number of rotatable bonds is 6. The van der Waals surface area contributed by atoms with Gasteiger partial charge in [-0.1, -0.05) is 30.3 Å². The number of carboxylic acid groups (broad SMARTS) is 1. The summed E-state index contributed by atoms with van der Waals surface area (Å²) in [5.74, 6) is -3.73. The maximum absolute atomic E-state index is 12.9. The second-order valence-corrected chi connectivity index (χ2v) is 8.29. The lowest BCUT2D eigenvalue weighted by Crippen LogP contribution is -2.41. The van der Waals surface area contributed by atoms with Crippen LogP contribution in [0, 0.1) is 11.8 Å². The largest absolute Gasteiger partial charge is 0.481 e. The van der Waals surface area contributed by atoms with Crippen molar-refractivity contribution in [3.05, 3.63) is 52.4 Å². The molecule has 146 valence electrons. The molecule has 0 spiro atoms. The first kappa shape index (κ1) is 18.6. The highest BCUT2D eigenvalue weighted by atomic mass is 32.1. The molecule has 4 atom stereocenters. The summed E-state index contributed by atoms with van der Waals surface area (Å²) in [5, 5.41) is 12.6. The summed E-state index contributed by atoms with van der Waals surface area (Å²) in [7, 11) is 0. The van der Waals surface area contributed by atoms with E-state index in [1.54, 1.807) is 6.07 Å². The molecular formula is C20H20N2O5S. The molecule has 28 heavy (non-hydrogen) atoms. The zero-order valence-electron chi connectivity index (χ0n) is 15.0. The molecule has 0 radical (unpaired) electrons. The number of fused-ring (bicyclic) bond motifs is 2. The van der Waals surface area contributed by atoms with E-state index in [-0.39, 0.29) is 5.56 Å². The third-order valence-corrected chi connectivity index (χ3v) is 6.42. The number of aliphatic carboxylic acids is 1. The Morgan fingerprint density at radius 3 is 2.46 bits per heavy atom. The average molecular weight is 400 g/mol. The van der Waals surface area contributed by atoms with Crippen LogP contribution in [0.2, 0.25) is 0 Å². The van der Waals surface area contributed by atoms with Crippen LogP contribution < -0.4 is 11.1 Å². The number of thiophene rings is 1. The van der Waals surface area contributed by atoms with Gasteiger partial charge in [-0.15, -0.1) is 11.3 Å². The van der Waals surface area contributed by atoms with E-state index in [0.29, 0.717) is 24.3 Å². The van der Waals surface area contributed by atoms with E-state index in [9.17, 15) is 19.5 Å². The number of carbonyl (C=O) groups is 3. The minimum atomic E-state index is -1.03. The van der Waals surface area contributed by atoms with Gasteiger partial charge < -0.3 is 20.9 Å². The fourth-order valence-electron chi connectivity index (χ4n) is 4.12. The predicted molar refractivity (Wildman–Crippen MR) is 103 cm³/mol. The Bertz CT molecular complexity index is 926. The van der Waals surface area contributed by atoms with Crippen LogP contribution in [-0.2, 0) is 20.7 Å². The summed E-state index contributed by atoms with van der Waals surface area (Å²) in [6, 6.07) is 11.4. The van der Waals surface area contributed by atoms with Gasteiger partial charge in [-0.05, 0) is 24.5 Å². The van der Waals surface area contributed by atoms with E-state index in [1.165, 1.54) is 11.3 Å². The van der Waals surface area contributed by atoms with Gasteiger partial charge in [-0.3, -0.25) is 14.4 Å². The highest BCUT2D eigenvalue weighted by Gasteiger charge is 2.55. The lowest BCUT2D eigenvalue weighted by molar-refractivity contribution is -0.147. The molecular weight excluding hydrogens is 380 g/mol. The molecule has 1 aromatic heterocycles. The van der Waals surface area contributed by atoms with Crippen LogP contribution in [0.5, 0.6) is 0 Å². The quantitative estimate of drug-likeness (QED) is 0.687. The zero-order valence-corrected chi connectivity index (χ0v) is 15.8. The Balaban J connectivity index is 1.56. The smallest absolute Gasteiger partial charge is 0.310 e. The summed E-state index contributed by atoms with van der Waals surface area (Å²) in [6.45, 7) is 0. The number of carboxylic acids is 1. The lowest BCUT2D eigenvalue weighted by Gasteiger charge is -2.23. The van der Waals surface area contributed by atoms with Crippen LogP contribution in [0.15, 0.2) is 36.4 Å². The molecule has 2 bridgehead atoms. The summed E-state index contributed by atoms with van der Waals surface area (Å²) >= 11 is 1.28. The second kappa shape index (κ2) is 7.37. The van der Waals surface area contributed by atoms with Crippen molar-refractivity contribution in [1.29, 1.82) is 0 Å². The molecule has 7 nitrogen and oxygen atoms in total. The van der Waals surface area contributed by atoms with Crippen molar-refractivity contribution >= 4 is 34.1 Å². The normalized spacial score (nSPS) is 25.6. The van der Waals surface area contributed by atoms with Crippen molar-refractivity contribution in [2.75, 3.05) is 5.32 Å². The lowest BCUT2D eigenvalue weighted by atomic mass is 9.79. The van der Waals surface area contributed by atoms with Crippen LogP contribution in [-0.4, -0.2) is 35.1 Å². The molecule has 2 aromatic rings. The maximum atomic E-state index is 12.9. The molecule has 2 fully saturated rings. The number of nitrogens with two attached hydrogens (primary N) is 1. The van der Waals surface area contributed by atoms with E-state index >= 15 is 0 Å². The molecule has 0 saturated carbocycles. The number of hydrogen-bond acceptors (Lipinski definition) is 5. The topological polar surface area (TPSA) is 119 Å². The molecule has 1 aromatic carbocycles. The number of hydrogen-bond donors (Lipinski definition) is 3. The SMILES string of the molecule is NC(=O)c1cc(Cc2ccccc2)sc1NC(=O)[C@@H]1[C@@H](C(=O)O)[C@H]2CC[C@@H]1O2. The molecule has 2 aliphatic rings. The first-order valence-corrected chi connectivity index (χ1v) is 9.91. The second-order valence-electron chi connectivity index (χ2n) is 7.15. The number of nitrogens with one attached hydrogen (secondary N) is 1. The van der Waals surface area contributed by atoms with Crippen molar-refractivity contribution in [2.24, 2.45) is 17.6 Å². The van der Waals surface area contributed by atoms with Gasteiger partial charge in [0, 0.05) is 11.3 Å². The minimum Gasteiger partial charge on any atom is -0.481 e. The van der Waals surface area contributed by atoms with Crippen molar-refractivity contribution in [1.82, 2.24) is 0 Å². The fourth-order valence-corrected chi connectivity index (χ4v) is 5.22. The number of primary amides is 1. The van der Waals surface area contributed by atoms with Crippen LogP contribution >= 0.6 is 11.3 Å². The molecule has 4 rings (SSSR count). The summed E-state index contributed by atoms with van der Waals surface area (Å²) < 4.78 is 5.65. The fraction of sp³-hybridized carbons (Fsp3) is 0.350. The molecule has 3 heterocycles. The van der Waals surface area contributed by atoms with E-state index in [2.05, 4.69) is 5.32 Å². The summed E-state index contributed by atoms with van der Waals surface area (Å²) in [6.07, 6.45) is 1.10. The molecule has 0 aliphatic carbocycles. The van der Waals surface area contributed by atoms with Gasteiger partial charge in [-0.25, -0.2) is 0 Å². The monoisotopic (exact) mass is 400 g/mol. The summed E-state index contributed by atoms with van der Waals surface area (Å²) in [4.78, 5) is 37.2. The summed E-state index contributed by atoms with van der Waals surface area (Å²) in [5.41, 5.74) is 6.79. The Morgan fingerprint density at radius 2 is 1.82 bits per heavy atom. The van der Waals surface area contributed by atoms with Gasteiger partial charge in [0.05, 0.1) is 29.6 Å². The van der Waals surface area contributed by atoms with Gasteiger partial charge >= 0.3 is 5.97 Å². The third kappa shape index (κ3) is 3.41. The Kier molecular flexibility index (Phi) is 4.91. The van der Waals surface area contributed by atoms with E-state index in [1.807, 2.05) is 30.3 Å². The van der Waals surface area contributed by atoms with Gasteiger partial charge in [0.2, 0.25) is 5.91 Å². The Hall–Kier alpha value is -2.71. The van der Waals surface area contributed by atoms with Gasteiger partial charge in [0.1, 0.15) is 5.00 Å². The van der Waals surface area contributed by atoms with Crippen LogP contribution in [0.3, 0.4) is 0 Å². The van der Waals surface area contributed by atoms with E-state index in [0.717, 1.165) is 10.4 Å². The number of ether oxygens (including phenoxy) is 1. The minimum absolute atomic E-state index is 0.236. The molecule has 4 N–H and O–H groups in total. The number of benzene rings is 1. The molecule has 8 heteroatoms. The number of carbonyl (C=O) groups excluding carboxylic acids is 2. The van der Waals surface area contributed by atoms with Crippen molar-refractivity contribution in [3.63, 3.8) is 0 Å². The molecule has 2 amide bonds. The number of amides is 2. The predicted octanol–water partition coefficient (Wildman–Crippen LogP) is 2.25. The van der Waals surface area contributed by atoms with Gasteiger partial charge in [0.15, 0.2) is 0 Å². The Labute approximate surface area is 165 Å². The highest BCUT2D eigenvalue weighted by Crippen LogP contribution is 2.44. The van der Waals surface area contributed by atoms with E-state index < -0.39 is 41.8 Å². The maximum Gasteiger partial charge on any atom is 0.310 e. The van der Waals surface area contributed by atoms with Crippen LogP contribution in [0.1, 0.15) is 33.6 Å². The van der Waals surface area contributed by atoms with Crippen LogP contribution in [0.25, 0.3) is 0 Å². The highest BCUT2D eigenvalue weighted by molar-refractivity contribution is 7.16. The van der Waals surface area contributed by atoms with Crippen molar-refractivity contribution in [3.8, 4) is 0 Å². The molecule has 2 aliphatic heterocycles. The standard InChI is InChI=1S/C20H20N2O5S/c21-17(23)12-9-11(8-10-4-2-1-3-5-10)28-19(12)22-18(24)15-13-6-7-14(27-13)16(15)20(25)26/h1-5,9,13-16H,6-8H2,(H2,21,23)(H,22,24)(H,25,26)/t13-,14+,15-,16-/m0/s1. The first-order valence-electron chi connectivity index (χ1n) is 9.09. The van der Waals surface area contributed by atoms with Gasteiger partial charge in [-0.2, -0.15) is 0 Å². The van der Waals surface area contributed by atoms with Crippen molar-refractivity contribution < 1.29 is 24.2 Å². The molecule has 0 unspecified atom stereocenters. The zero-order chi connectivity index (χ0) is 19.8. The van der Waals surface area contributed by atoms with E-state index in [4.69, 9.17) is 10.5 Å².